The quantitative estimate of drug-likeness (QED) is 0.825. The molecule has 1 fully saturated rings. The van der Waals surface area contributed by atoms with E-state index >= 15 is 0 Å². The third kappa shape index (κ3) is 3.61. The Morgan fingerprint density at radius 3 is 2.38 bits per heavy atom. The van der Waals surface area contributed by atoms with Gasteiger partial charge in [-0.05, 0) is 37.1 Å². The Morgan fingerprint density at radius 1 is 1.21 bits per heavy atom. The van der Waals surface area contributed by atoms with Crippen molar-refractivity contribution in [3.05, 3.63) is 30.2 Å². The maximum absolute atomic E-state index is 12.8. The molecule has 0 saturated heterocycles. The lowest BCUT2D eigenvalue weighted by Crippen LogP contribution is -2.05. The summed E-state index contributed by atoms with van der Waals surface area (Å²) in [5.74, 6) is -1.55. The molecule has 5 nitrogen and oxygen atoms in total. The molecule has 1 saturated carbocycles. The summed E-state index contributed by atoms with van der Waals surface area (Å²) in [4.78, 5) is 3.87. The molecule has 1 aromatic heterocycles. The third-order valence-electron chi connectivity index (χ3n) is 3.89. The van der Waals surface area contributed by atoms with Crippen LogP contribution < -0.4 is 0 Å². The van der Waals surface area contributed by atoms with Gasteiger partial charge in [-0.3, -0.25) is 0 Å². The lowest BCUT2D eigenvalue weighted by molar-refractivity contribution is -0.159. The molecule has 1 unspecified atom stereocenters. The van der Waals surface area contributed by atoms with Crippen LogP contribution in [0.15, 0.2) is 38.0 Å². The molecule has 1 aliphatic rings. The molecular formula is C15H16F3N3O2S. The molecule has 1 heterocycles. The number of halogens is 3. The number of rotatable bonds is 3. The van der Waals surface area contributed by atoms with Crippen molar-refractivity contribution in [1.29, 1.82) is 0 Å². The Morgan fingerprint density at radius 2 is 1.83 bits per heavy atom. The summed E-state index contributed by atoms with van der Waals surface area (Å²) in [5, 5.41) is 3.33. The zero-order valence-corrected chi connectivity index (χ0v) is 13.7. The highest BCUT2D eigenvalue weighted by Crippen LogP contribution is 2.30. The second-order valence-corrected chi connectivity index (χ2v) is 8.08. The van der Waals surface area contributed by atoms with E-state index in [9.17, 15) is 17.4 Å². The zero-order valence-electron chi connectivity index (χ0n) is 12.9. The Hall–Kier alpha value is -1.90. The van der Waals surface area contributed by atoms with Gasteiger partial charge in [-0.15, -0.1) is 0 Å². The van der Waals surface area contributed by atoms with E-state index in [1.807, 2.05) is 0 Å². The first-order valence-corrected chi connectivity index (χ1v) is 9.41. The number of alkyl halides is 3. The van der Waals surface area contributed by atoms with Gasteiger partial charge in [-0.1, -0.05) is 18.0 Å². The number of hydrogen-bond donors (Lipinski definition) is 0. The molecule has 1 aliphatic carbocycles. The SMILES string of the molecule is CS(=O)(=NC1CCCC1)c1ccc(-c2noc(C(F)(F)F)n2)cc1. The minimum absolute atomic E-state index is 0.119. The van der Waals surface area contributed by atoms with Crippen molar-refractivity contribution in [2.24, 2.45) is 4.36 Å². The number of nitrogens with zero attached hydrogens (tertiary/aromatic N) is 3. The Bertz CT molecular complexity index is 830. The summed E-state index contributed by atoms with van der Waals surface area (Å²) >= 11 is 0. The van der Waals surface area contributed by atoms with Crippen molar-refractivity contribution in [2.75, 3.05) is 6.26 Å². The molecule has 0 radical (unpaired) electrons. The van der Waals surface area contributed by atoms with Gasteiger partial charge in [-0.25, -0.2) is 8.57 Å². The molecule has 2 aromatic rings. The Kier molecular flexibility index (Phi) is 4.37. The van der Waals surface area contributed by atoms with Gasteiger partial charge in [0.05, 0.1) is 15.8 Å². The van der Waals surface area contributed by atoms with E-state index < -0.39 is 21.8 Å². The number of benzene rings is 1. The van der Waals surface area contributed by atoms with Gasteiger partial charge in [-0.2, -0.15) is 18.2 Å². The molecule has 0 spiro atoms. The van der Waals surface area contributed by atoms with Gasteiger partial charge in [0.15, 0.2) is 0 Å². The standard InChI is InChI=1S/C15H16F3N3O2S/c1-24(22,21-11-4-2-3-5-11)12-8-6-10(7-9-12)13-19-14(23-20-13)15(16,17)18/h6-9,11H,2-5H2,1H3. The fraction of sp³-hybridized carbons (Fsp3) is 0.467. The fourth-order valence-corrected chi connectivity index (χ4v) is 4.21. The zero-order chi connectivity index (χ0) is 17.4. The van der Waals surface area contributed by atoms with E-state index in [-0.39, 0.29) is 11.9 Å². The summed E-state index contributed by atoms with van der Waals surface area (Å²) in [7, 11) is -2.53. The molecular weight excluding hydrogens is 343 g/mol. The van der Waals surface area contributed by atoms with Crippen LogP contribution in [0.25, 0.3) is 11.4 Å². The number of aromatic nitrogens is 2. The Labute approximate surface area is 137 Å². The smallest absolute Gasteiger partial charge is 0.329 e. The van der Waals surface area contributed by atoms with Crippen LogP contribution in [0.3, 0.4) is 0 Å². The van der Waals surface area contributed by atoms with Crippen molar-refractivity contribution < 1.29 is 21.9 Å². The fourth-order valence-electron chi connectivity index (χ4n) is 2.67. The van der Waals surface area contributed by atoms with E-state index in [1.54, 1.807) is 18.4 Å². The summed E-state index contributed by atoms with van der Waals surface area (Å²) in [6, 6.07) is 6.33. The highest BCUT2D eigenvalue weighted by Gasteiger charge is 2.38. The summed E-state index contributed by atoms with van der Waals surface area (Å²) in [6.45, 7) is 0. The normalized spacial score (nSPS) is 18.5. The average molecular weight is 359 g/mol. The molecule has 0 amide bonds. The highest BCUT2D eigenvalue weighted by molar-refractivity contribution is 7.93. The van der Waals surface area contributed by atoms with Crippen molar-refractivity contribution >= 4 is 9.73 Å². The van der Waals surface area contributed by atoms with Gasteiger partial charge >= 0.3 is 12.1 Å². The molecule has 1 atom stereocenters. The van der Waals surface area contributed by atoms with Crippen LogP contribution in [0.4, 0.5) is 13.2 Å². The van der Waals surface area contributed by atoms with Crippen molar-refractivity contribution in [2.45, 2.75) is 42.8 Å². The third-order valence-corrected chi connectivity index (χ3v) is 5.74. The minimum atomic E-state index is -4.68. The maximum atomic E-state index is 12.8. The van der Waals surface area contributed by atoms with Gasteiger partial charge in [0, 0.05) is 16.7 Å². The first-order chi connectivity index (χ1) is 11.3. The first kappa shape index (κ1) is 16.9. The van der Waals surface area contributed by atoms with E-state index in [2.05, 4.69) is 19.0 Å². The van der Waals surface area contributed by atoms with Crippen LogP contribution in [0, 0.1) is 0 Å². The average Bonchev–Trinajstić information content (AvgIpc) is 3.17. The molecule has 0 N–H and O–H groups in total. The number of hydrogen-bond acceptors (Lipinski definition) is 5. The maximum Gasteiger partial charge on any atom is 0.471 e. The van der Waals surface area contributed by atoms with Crippen LogP contribution in [0.1, 0.15) is 31.6 Å². The van der Waals surface area contributed by atoms with Crippen LogP contribution >= 0.6 is 0 Å². The van der Waals surface area contributed by atoms with E-state index in [4.69, 9.17) is 0 Å². The van der Waals surface area contributed by atoms with Gasteiger partial charge in [0.1, 0.15) is 0 Å². The highest BCUT2D eigenvalue weighted by atomic mass is 32.2. The van der Waals surface area contributed by atoms with E-state index in [1.165, 1.54) is 12.1 Å². The van der Waals surface area contributed by atoms with Crippen molar-refractivity contribution in [3.8, 4) is 11.4 Å². The lowest BCUT2D eigenvalue weighted by atomic mass is 10.2. The van der Waals surface area contributed by atoms with Crippen molar-refractivity contribution in [3.63, 3.8) is 0 Å². The minimum Gasteiger partial charge on any atom is -0.329 e. The summed E-state index contributed by atoms with van der Waals surface area (Å²) in [6.07, 6.45) is 1.00. The Balaban J connectivity index is 1.85. The summed E-state index contributed by atoms with van der Waals surface area (Å²) < 4.78 is 58.9. The second kappa shape index (κ2) is 6.19. The lowest BCUT2D eigenvalue weighted by Gasteiger charge is -2.09. The van der Waals surface area contributed by atoms with Gasteiger partial charge in [0.25, 0.3) is 0 Å². The van der Waals surface area contributed by atoms with E-state index in [0.29, 0.717) is 10.5 Å². The topological polar surface area (TPSA) is 68.3 Å². The summed E-state index contributed by atoms with van der Waals surface area (Å²) in [5.41, 5.74) is 0.356. The van der Waals surface area contributed by atoms with E-state index in [0.717, 1.165) is 25.7 Å². The van der Waals surface area contributed by atoms with Gasteiger partial charge < -0.3 is 4.52 Å². The predicted octanol–water partition coefficient (Wildman–Crippen LogP) is 4.15. The molecule has 130 valence electrons. The predicted molar refractivity (Wildman–Crippen MR) is 81.8 cm³/mol. The monoisotopic (exact) mass is 359 g/mol. The second-order valence-electron chi connectivity index (χ2n) is 5.79. The molecule has 3 rings (SSSR count). The molecule has 0 aliphatic heterocycles. The van der Waals surface area contributed by atoms with Crippen LogP contribution in [-0.4, -0.2) is 26.6 Å². The van der Waals surface area contributed by atoms with Crippen LogP contribution in [0.2, 0.25) is 0 Å². The first-order valence-electron chi connectivity index (χ1n) is 7.48. The molecule has 9 heteroatoms. The molecule has 0 bridgehead atoms. The van der Waals surface area contributed by atoms with Crippen LogP contribution in [-0.2, 0) is 15.9 Å². The molecule has 24 heavy (non-hydrogen) atoms. The van der Waals surface area contributed by atoms with Gasteiger partial charge in [0.2, 0.25) is 5.82 Å². The largest absolute Gasteiger partial charge is 0.471 e. The van der Waals surface area contributed by atoms with Crippen molar-refractivity contribution in [1.82, 2.24) is 10.1 Å². The molecule has 1 aromatic carbocycles. The van der Waals surface area contributed by atoms with Crippen LogP contribution in [0.5, 0.6) is 0 Å².